The standard InChI is InChI=1S/C17H14FN3O3/c1-10(17(23)24-2)21-9-19-14-8-7-13(20-15(14)16(21)22)11-3-5-12(18)6-4-11/h3-10H,1-2H3. The number of esters is 1. The van der Waals surface area contributed by atoms with Crippen molar-refractivity contribution in [3.63, 3.8) is 0 Å². The van der Waals surface area contributed by atoms with Crippen LogP contribution < -0.4 is 5.56 Å². The van der Waals surface area contributed by atoms with E-state index in [1.807, 2.05) is 0 Å². The van der Waals surface area contributed by atoms with Gasteiger partial charge in [0.05, 0.1) is 24.6 Å². The molecular weight excluding hydrogens is 313 g/mol. The van der Waals surface area contributed by atoms with Crippen LogP contribution in [-0.2, 0) is 9.53 Å². The third-order valence-corrected chi connectivity index (χ3v) is 3.73. The third kappa shape index (κ3) is 2.76. The quantitative estimate of drug-likeness (QED) is 0.690. The van der Waals surface area contributed by atoms with Gasteiger partial charge in [0.2, 0.25) is 0 Å². The fourth-order valence-corrected chi connectivity index (χ4v) is 2.35. The molecule has 7 heteroatoms. The van der Waals surface area contributed by atoms with Crippen molar-refractivity contribution in [2.45, 2.75) is 13.0 Å². The summed E-state index contributed by atoms with van der Waals surface area (Å²) in [6.07, 6.45) is 1.30. The lowest BCUT2D eigenvalue weighted by atomic mass is 10.1. The molecule has 0 amide bonds. The number of hydrogen-bond donors (Lipinski definition) is 0. The Balaban J connectivity index is 2.14. The van der Waals surface area contributed by atoms with E-state index in [9.17, 15) is 14.0 Å². The van der Waals surface area contributed by atoms with Crippen LogP contribution in [0, 0.1) is 5.82 Å². The van der Waals surface area contributed by atoms with Crippen molar-refractivity contribution in [3.8, 4) is 11.3 Å². The van der Waals surface area contributed by atoms with Gasteiger partial charge < -0.3 is 4.74 Å². The highest BCUT2D eigenvalue weighted by Crippen LogP contribution is 2.19. The fraction of sp³-hybridized carbons (Fsp3) is 0.176. The lowest BCUT2D eigenvalue weighted by Crippen LogP contribution is -2.29. The van der Waals surface area contributed by atoms with Crippen molar-refractivity contribution in [2.24, 2.45) is 0 Å². The van der Waals surface area contributed by atoms with Gasteiger partial charge in [0.1, 0.15) is 11.9 Å². The van der Waals surface area contributed by atoms with E-state index in [-0.39, 0.29) is 11.3 Å². The van der Waals surface area contributed by atoms with E-state index in [0.29, 0.717) is 16.8 Å². The molecule has 2 heterocycles. The zero-order valence-electron chi connectivity index (χ0n) is 13.1. The number of carbonyl (C=O) groups is 1. The molecule has 0 bridgehead atoms. The van der Waals surface area contributed by atoms with Crippen molar-refractivity contribution in [3.05, 3.63) is 58.9 Å². The maximum atomic E-state index is 13.0. The lowest BCUT2D eigenvalue weighted by molar-refractivity contribution is -0.144. The smallest absolute Gasteiger partial charge is 0.328 e. The van der Waals surface area contributed by atoms with Gasteiger partial charge in [-0.05, 0) is 43.3 Å². The fourth-order valence-electron chi connectivity index (χ4n) is 2.35. The van der Waals surface area contributed by atoms with Crippen LogP contribution >= 0.6 is 0 Å². The van der Waals surface area contributed by atoms with Crippen LogP contribution in [0.2, 0.25) is 0 Å². The van der Waals surface area contributed by atoms with Crippen molar-refractivity contribution >= 4 is 17.0 Å². The molecule has 1 atom stereocenters. The second kappa shape index (κ2) is 6.19. The Bertz CT molecular complexity index is 967. The predicted molar refractivity (Wildman–Crippen MR) is 85.9 cm³/mol. The zero-order chi connectivity index (χ0) is 17.3. The minimum atomic E-state index is -0.810. The van der Waals surface area contributed by atoms with Gasteiger partial charge in [-0.3, -0.25) is 9.36 Å². The van der Waals surface area contributed by atoms with Gasteiger partial charge >= 0.3 is 5.97 Å². The van der Waals surface area contributed by atoms with Gasteiger partial charge in [0.15, 0.2) is 5.52 Å². The number of rotatable bonds is 3. The van der Waals surface area contributed by atoms with Gasteiger partial charge in [-0.2, -0.15) is 0 Å². The van der Waals surface area contributed by atoms with Gasteiger partial charge in [0.25, 0.3) is 5.56 Å². The van der Waals surface area contributed by atoms with Crippen LogP contribution in [0.5, 0.6) is 0 Å². The number of carbonyl (C=O) groups excluding carboxylic acids is 1. The monoisotopic (exact) mass is 327 g/mol. The number of ether oxygens (including phenoxy) is 1. The highest BCUT2D eigenvalue weighted by atomic mass is 19.1. The number of benzene rings is 1. The largest absolute Gasteiger partial charge is 0.467 e. The molecule has 0 aliphatic rings. The van der Waals surface area contributed by atoms with Crippen LogP contribution in [0.25, 0.3) is 22.3 Å². The molecule has 0 saturated carbocycles. The van der Waals surface area contributed by atoms with Crippen LogP contribution in [0.1, 0.15) is 13.0 Å². The van der Waals surface area contributed by atoms with Gasteiger partial charge in [-0.1, -0.05) is 0 Å². The Labute approximate surface area is 136 Å². The van der Waals surface area contributed by atoms with Crippen molar-refractivity contribution in [1.29, 1.82) is 0 Å². The Morgan fingerprint density at radius 1 is 1.21 bits per heavy atom. The first-order chi connectivity index (χ1) is 11.5. The molecule has 6 nitrogen and oxygen atoms in total. The van der Waals surface area contributed by atoms with E-state index in [1.54, 1.807) is 31.2 Å². The van der Waals surface area contributed by atoms with Crippen LogP contribution in [0.15, 0.2) is 47.5 Å². The summed E-state index contributed by atoms with van der Waals surface area (Å²) >= 11 is 0. The Morgan fingerprint density at radius 2 is 1.92 bits per heavy atom. The minimum Gasteiger partial charge on any atom is -0.467 e. The van der Waals surface area contributed by atoms with Crippen molar-refractivity contribution in [1.82, 2.24) is 14.5 Å². The van der Waals surface area contributed by atoms with E-state index in [4.69, 9.17) is 0 Å². The van der Waals surface area contributed by atoms with Crippen LogP contribution in [-0.4, -0.2) is 27.6 Å². The van der Waals surface area contributed by atoms with Gasteiger partial charge in [0, 0.05) is 5.56 Å². The van der Waals surface area contributed by atoms with E-state index < -0.39 is 17.6 Å². The summed E-state index contributed by atoms with van der Waals surface area (Å²) in [5.74, 6) is -0.900. The molecule has 2 aromatic heterocycles. The van der Waals surface area contributed by atoms with Gasteiger partial charge in [-0.15, -0.1) is 0 Å². The Morgan fingerprint density at radius 3 is 2.58 bits per heavy atom. The van der Waals surface area contributed by atoms with E-state index in [1.165, 1.54) is 30.1 Å². The summed E-state index contributed by atoms with van der Waals surface area (Å²) in [6.45, 7) is 1.55. The number of methoxy groups -OCH3 is 1. The molecule has 0 radical (unpaired) electrons. The molecule has 0 fully saturated rings. The Kier molecular flexibility index (Phi) is 4.07. The third-order valence-electron chi connectivity index (χ3n) is 3.73. The highest BCUT2D eigenvalue weighted by molar-refractivity contribution is 5.78. The number of pyridine rings is 1. The molecule has 0 spiro atoms. The van der Waals surface area contributed by atoms with Crippen LogP contribution in [0.3, 0.4) is 0 Å². The van der Waals surface area contributed by atoms with Crippen molar-refractivity contribution < 1.29 is 13.9 Å². The number of halogens is 1. The summed E-state index contributed by atoms with van der Waals surface area (Å²) < 4.78 is 18.9. The van der Waals surface area contributed by atoms with Crippen LogP contribution in [0.4, 0.5) is 4.39 Å². The molecule has 1 unspecified atom stereocenters. The molecule has 0 saturated heterocycles. The number of nitrogens with zero attached hydrogens (tertiary/aromatic N) is 3. The van der Waals surface area contributed by atoms with E-state index in [0.717, 1.165) is 0 Å². The summed E-state index contributed by atoms with van der Waals surface area (Å²) in [7, 11) is 1.25. The maximum absolute atomic E-state index is 13.0. The Hall–Kier alpha value is -3.09. The molecule has 122 valence electrons. The average Bonchev–Trinajstić information content (AvgIpc) is 2.61. The molecular formula is C17H14FN3O3. The summed E-state index contributed by atoms with van der Waals surface area (Å²) in [6, 6.07) is 8.36. The molecule has 0 aliphatic heterocycles. The minimum absolute atomic E-state index is 0.134. The van der Waals surface area contributed by atoms with Gasteiger partial charge in [-0.25, -0.2) is 19.2 Å². The topological polar surface area (TPSA) is 74.1 Å². The first kappa shape index (κ1) is 15.8. The highest BCUT2D eigenvalue weighted by Gasteiger charge is 2.18. The first-order valence-corrected chi connectivity index (χ1v) is 7.23. The molecule has 0 aliphatic carbocycles. The average molecular weight is 327 g/mol. The van der Waals surface area contributed by atoms with E-state index >= 15 is 0 Å². The second-order valence-electron chi connectivity index (χ2n) is 5.23. The number of aromatic nitrogens is 3. The number of fused-ring (bicyclic) bond motifs is 1. The number of hydrogen-bond acceptors (Lipinski definition) is 5. The SMILES string of the molecule is COC(=O)C(C)n1cnc2ccc(-c3ccc(F)cc3)nc2c1=O. The van der Waals surface area contributed by atoms with E-state index in [2.05, 4.69) is 14.7 Å². The lowest BCUT2D eigenvalue weighted by Gasteiger charge is -2.12. The molecule has 1 aromatic carbocycles. The summed E-state index contributed by atoms with van der Waals surface area (Å²) in [5.41, 5.74) is 1.30. The predicted octanol–water partition coefficient (Wildman–Crippen LogP) is 2.33. The zero-order valence-corrected chi connectivity index (χ0v) is 13.1. The summed E-state index contributed by atoms with van der Waals surface area (Å²) in [5, 5.41) is 0. The molecule has 3 aromatic rings. The maximum Gasteiger partial charge on any atom is 0.328 e. The molecule has 3 rings (SSSR count). The normalized spacial score (nSPS) is 12.1. The van der Waals surface area contributed by atoms with Crippen molar-refractivity contribution in [2.75, 3.05) is 7.11 Å². The first-order valence-electron chi connectivity index (χ1n) is 7.23. The second-order valence-corrected chi connectivity index (χ2v) is 5.23. The molecule has 24 heavy (non-hydrogen) atoms. The summed E-state index contributed by atoms with van der Waals surface area (Å²) in [4.78, 5) is 32.8. The molecule has 0 N–H and O–H groups in total.